The van der Waals surface area contributed by atoms with Gasteiger partial charge in [-0.15, -0.1) is 0 Å². The van der Waals surface area contributed by atoms with Gasteiger partial charge in [-0.2, -0.15) is 9.55 Å². The van der Waals surface area contributed by atoms with Crippen molar-refractivity contribution in [1.82, 2.24) is 14.5 Å². The van der Waals surface area contributed by atoms with Crippen LogP contribution in [0.2, 0.25) is 0 Å². The molecule has 6 nitrogen and oxygen atoms in total. The number of ether oxygens (including phenoxy) is 2. The summed E-state index contributed by atoms with van der Waals surface area (Å²) in [5.41, 5.74) is 1.99. The summed E-state index contributed by atoms with van der Waals surface area (Å²) in [5, 5.41) is 0. The van der Waals surface area contributed by atoms with E-state index >= 15 is 0 Å². The van der Waals surface area contributed by atoms with Gasteiger partial charge in [0.15, 0.2) is 5.65 Å². The van der Waals surface area contributed by atoms with E-state index in [1.165, 1.54) is 4.57 Å². The number of carbonyl (C=O) groups excluding carboxylic acids is 1. The quantitative estimate of drug-likeness (QED) is 0.740. The van der Waals surface area contributed by atoms with Gasteiger partial charge in [-0.05, 0) is 24.6 Å². The second-order valence-corrected chi connectivity index (χ2v) is 4.55. The Kier molecular flexibility index (Phi) is 4.00. The van der Waals surface area contributed by atoms with E-state index in [0.29, 0.717) is 17.8 Å². The average molecular weight is 297 g/mol. The summed E-state index contributed by atoms with van der Waals surface area (Å²) in [7, 11) is 0. The van der Waals surface area contributed by atoms with Crippen LogP contribution >= 0.6 is 0 Å². The van der Waals surface area contributed by atoms with Gasteiger partial charge in [0.1, 0.15) is 12.1 Å². The molecule has 0 atom stereocenters. The molecule has 0 amide bonds. The van der Waals surface area contributed by atoms with Crippen molar-refractivity contribution in [1.29, 1.82) is 0 Å². The minimum Gasteiger partial charge on any atom is -0.459 e. The highest BCUT2D eigenvalue weighted by Gasteiger charge is 2.19. The van der Waals surface area contributed by atoms with Crippen LogP contribution in [0.15, 0.2) is 48.7 Å². The third-order valence-electron chi connectivity index (χ3n) is 3.06. The maximum atomic E-state index is 12.1. The van der Waals surface area contributed by atoms with Crippen LogP contribution < -0.4 is 4.74 Å². The summed E-state index contributed by atoms with van der Waals surface area (Å²) in [6.07, 6.45) is 1.09. The van der Waals surface area contributed by atoms with Crippen molar-refractivity contribution in [3.63, 3.8) is 0 Å². The first-order valence-electron chi connectivity index (χ1n) is 6.97. The number of fused-ring (bicyclic) bond motifs is 1. The molecule has 2 heterocycles. The molecule has 0 unspecified atom stereocenters. The maximum Gasteiger partial charge on any atom is 0.422 e. The van der Waals surface area contributed by atoms with E-state index in [4.69, 9.17) is 9.47 Å². The SMILES string of the molecule is CCOC(=O)n1c(OCc2ccccc2)nc2ncccc21. The van der Waals surface area contributed by atoms with Crippen LogP contribution in [0.5, 0.6) is 6.01 Å². The van der Waals surface area contributed by atoms with Crippen LogP contribution in [0.3, 0.4) is 0 Å². The Morgan fingerprint density at radius 1 is 1.18 bits per heavy atom. The normalized spacial score (nSPS) is 10.6. The lowest BCUT2D eigenvalue weighted by Crippen LogP contribution is -2.15. The van der Waals surface area contributed by atoms with Gasteiger partial charge in [0.2, 0.25) is 0 Å². The van der Waals surface area contributed by atoms with Gasteiger partial charge < -0.3 is 9.47 Å². The zero-order valence-electron chi connectivity index (χ0n) is 12.1. The van der Waals surface area contributed by atoms with Crippen LogP contribution in [0.25, 0.3) is 11.2 Å². The zero-order valence-corrected chi connectivity index (χ0v) is 12.1. The molecule has 0 N–H and O–H groups in total. The predicted molar refractivity (Wildman–Crippen MR) is 80.7 cm³/mol. The van der Waals surface area contributed by atoms with Crippen molar-refractivity contribution >= 4 is 17.3 Å². The minimum atomic E-state index is -0.527. The lowest BCUT2D eigenvalue weighted by atomic mass is 10.2. The average Bonchev–Trinajstić information content (AvgIpc) is 2.92. The fourth-order valence-corrected chi connectivity index (χ4v) is 2.08. The van der Waals surface area contributed by atoms with Gasteiger partial charge in [0.05, 0.1) is 6.61 Å². The van der Waals surface area contributed by atoms with Crippen LogP contribution in [0.4, 0.5) is 4.79 Å². The second-order valence-electron chi connectivity index (χ2n) is 4.55. The molecule has 22 heavy (non-hydrogen) atoms. The van der Waals surface area contributed by atoms with Crippen LogP contribution in [-0.2, 0) is 11.3 Å². The van der Waals surface area contributed by atoms with Gasteiger partial charge in [0, 0.05) is 6.20 Å². The molecular weight excluding hydrogens is 282 g/mol. The first-order chi connectivity index (χ1) is 10.8. The Morgan fingerprint density at radius 2 is 2.00 bits per heavy atom. The molecule has 0 fully saturated rings. The highest BCUT2D eigenvalue weighted by Crippen LogP contribution is 2.21. The van der Waals surface area contributed by atoms with Crippen molar-refractivity contribution < 1.29 is 14.3 Å². The van der Waals surface area contributed by atoms with E-state index in [0.717, 1.165) is 5.56 Å². The standard InChI is InChI=1S/C16H15N3O3/c1-2-21-16(20)19-13-9-6-10-17-14(13)18-15(19)22-11-12-7-4-3-5-8-12/h3-10H,2,11H2,1H3. The summed E-state index contributed by atoms with van der Waals surface area (Å²) in [6.45, 7) is 2.33. The molecule has 0 saturated heterocycles. The largest absolute Gasteiger partial charge is 0.459 e. The van der Waals surface area contributed by atoms with Crippen LogP contribution in [0.1, 0.15) is 12.5 Å². The maximum absolute atomic E-state index is 12.1. The van der Waals surface area contributed by atoms with Crippen molar-refractivity contribution in [2.24, 2.45) is 0 Å². The van der Waals surface area contributed by atoms with Crippen molar-refractivity contribution in [2.75, 3.05) is 6.61 Å². The highest BCUT2D eigenvalue weighted by molar-refractivity contribution is 5.86. The fraction of sp³-hybridized carbons (Fsp3) is 0.188. The molecule has 0 saturated carbocycles. The molecule has 0 spiro atoms. The number of aromatic nitrogens is 3. The Bertz CT molecular complexity index is 784. The van der Waals surface area contributed by atoms with Crippen LogP contribution in [0, 0.1) is 0 Å². The van der Waals surface area contributed by atoms with Crippen molar-refractivity contribution in [3.8, 4) is 6.01 Å². The van der Waals surface area contributed by atoms with Gasteiger partial charge >= 0.3 is 12.1 Å². The molecule has 3 rings (SSSR count). The Labute approximate surface area is 127 Å². The molecule has 2 aromatic heterocycles. The van der Waals surface area contributed by atoms with E-state index in [2.05, 4.69) is 9.97 Å². The molecule has 112 valence electrons. The number of nitrogens with zero attached hydrogens (tertiary/aromatic N) is 3. The summed E-state index contributed by atoms with van der Waals surface area (Å²) < 4.78 is 12.1. The number of benzene rings is 1. The Balaban J connectivity index is 1.94. The zero-order chi connectivity index (χ0) is 15.4. The number of hydrogen-bond donors (Lipinski definition) is 0. The topological polar surface area (TPSA) is 66.2 Å². The lowest BCUT2D eigenvalue weighted by Gasteiger charge is -2.08. The summed E-state index contributed by atoms with van der Waals surface area (Å²) in [6, 6.07) is 13.3. The van der Waals surface area contributed by atoms with Gasteiger partial charge in [0.25, 0.3) is 0 Å². The minimum absolute atomic E-state index is 0.177. The monoisotopic (exact) mass is 297 g/mol. The van der Waals surface area contributed by atoms with Gasteiger partial charge in [-0.25, -0.2) is 9.78 Å². The Hall–Kier alpha value is -2.89. The van der Waals surface area contributed by atoms with Crippen molar-refractivity contribution in [3.05, 3.63) is 54.2 Å². The number of hydrogen-bond acceptors (Lipinski definition) is 5. The fourth-order valence-electron chi connectivity index (χ4n) is 2.08. The third kappa shape index (κ3) is 2.76. The van der Waals surface area contributed by atoms with Gasteiger partial charge in [-0.1, -0.05) is 30.3 Å². The van der Waals surface area contributed by atoms with E-state index in [1.807, 2.05) is 30.3 Å². The molecule has 0 aliphatic heterocycles. The predicted octanol–water partition coefficient (Wildman–Crippen LogP) is 3.01. The number of carbonyl (C=O) groups is 1. The second kappa shape index (κ2) is 6.26. The van der Waals surface area contributed by atoms with Gasteiger partial charge in [-0.3, -0.25) is 0 Å². The number of rotatable bonds is 4. The van der Waals surface area contributed by atoms with E-state index in [1.54, 1.807) is 25.3 Å². The first kappa shape index (κ1) is 14.1. The molecule has 0 radical (unpaired) electrons. The molecule has 0 aliphatic carbocycles. The molecule has 6 heteroatoms. The smallest absolute Gasteiger partial charge is 0.422 e. The lowest BCUT2D eigenvalue weighted by molar-refractivity contribution is 0.149. The summed E-state index contributed by atoms with van der Waals surface area (Å²) >= 11 is 0. The third-order valence-corrected chi connectivity index (χ3v) is 3.06. The molecule has 0 aliphatic rings. The van der Waals surface area contributed by atoms with E-state index in [-0.39, 0.29) is 12.6 Å². The van der Waals surface area contributed by atoms with E-state index in [9.17, 15) is 4.79 Å². The first-order valence-corrected chi connectivity index (χ1v) is 6.97. The molecule has 3 aromatic rings. The highest BCUT2D eigenvalue weighted by atomic mass is 16.6. The molecule has 1 aromatic carbocycles. The summed E-state index contributed by atoms with van der Waals surface area (Å²) in [5.74, 6) is 0. The molecular formula is C16H15N3O3. The number of imidazole rings is 1. The van der Waals surface area contributed by atoms with Crippen molar-refractivity contribution in [2.45, 2.75) is 13.5 Å². The molecule has 0 bridgehead atoms. The number of pyridine rings is 1. The Morgan fingerprint density at radius 3 is 2.77 bits per heavy atom. The van der Waals surface area contributed by atoms with E-state index < -0.39 is 6.09 Å². The van der Waals surface area contributed by atoms with Crippen LogP contribution in [-0.4, -0.2) is 27.2 Å². The summed E-state index contributed by atoms with van der Waals surface area (Å²) in [4.78, 5) is 20.5.